The Morgan fingerprint density at radius 1 is 1.20 bits per heavy atom. The highest BCUT2D eigenvalue weighted by Crippen LogP contribution is 2.25. The number of ketones is 1. The molecule has 82 valence electrons. The van der Waals surface area contributed by atoms with Gasteiger partial charge in [0.2, 0.25) is 0 Å². The molecular formula is C14H20O. The fourth-order valence-corrected chi connectivity index (χ4v) is 2.50. The minimum absolute atomic E-state index is 0.422. The van der Waals surface area contributed by atoms with Crippen LogP contribution in [0.1, 0.15) is 51.4 Å². The topological polar surface area (TPSA) is 17.1 Å². The third-order valence-electron chi connectivity index (χ3n) is 3.48. The van der Waals surface area contributed by atoms with Crippen LogP contribution in [-0.4, -0.2) is 5.78 Å². The maximum Gasteiger partial charge on any atom is 0.158 e. The standard InChI is InChI=1S/C14H20O/c15-14(11-12-7-5-6-8-12)13-9-3-1-2-4-10-13/h5-6,9,12H,1-4,7-8,10-11H2. The van der Waals surface area contributed by atoms with Crippen molar-refractivity contribution in [2.75, 3.05) is 0 Å². The molecule has 0 atom stereocenters. The van der Waals surface area contributed by atoms with Gasteiger partial charge in [-0.2, -0.15) is 0 Å². The van der Waals surface area contributed by atoms with Crippen molar-refractivity contribution in [1.82, 2.24) is 0 Å². The molecule has 0 aromatic heterocycles. The van der Waals surface area contributed by atoms with E-state index in [2.05, 4.69) is 18.2 Å². The van der Waals surface area contributed by atoms with Gasteiger partial charge in [0.1, 0.15) is 0 Å². The lowest BCUT2D eigenvalue weighted by molar-refractivity contribution is -0.116. The van der Waals surface area contributed by atoms with E-state index in [9.17, 15) is 4.79 Å². The number of carbonyl (C=O) groups excluding carboxylic acids is 1. The first-order chi connectivity index (χ1) is 7.36. The van der Waals surface area contributed by atoms with E-state index >= 15 is 0 Å². The molecule has 2 rings (SSSR count). The molecule has 0 unspecified atom stereocenters. The van der Waals surface area contributed by atoms with Crippen molar-refractivity contribution in [3.05, 3.63) is 23.8 Å². The zero-order chi connectivity index (χ0) is 10.5. The maximum atomic E-state index is 12.0. The Labute approximate surface area is 92.3 Å². The van der Waals surface area contributed by atoms with Gasteiger partial charge < -0.3 is 0 Å². The average Bonchev–Trinajstić information content (AvgIpc) is 2.58. The van der Waals surface area contributed by atoms with E-state index in [-0.39, 0.29) is 0 Å². The lowest BCUT2D eigenvalue weighted by atomic mass is 9.94. The summed E-state index contributed by atoms with van der Waals surface area (Å²) in [4.78, 5) is 12.0. The van der Waals surface area contributed by atoms with E-state index in [0.29, 0.717) is 11.7 Å². The lowest BCUT2D eigenvalue weighted by Crippen LogP contribution is -2.08. The molecule has 0 fully saturated rings. The molecule has 0 amide bonds. The zero-order valence-corrected chi connectivity index (χ0v) is 9.37. The number of Topliss-reactive ketones (excluding diaryl/α,β-unsaturated/α-hetero) is 1. The smallest absolute Gasteiger partial charge is 0.158 e. The Morgan fingerprint density at radius 2 is 2.00 bits per heavy atom. The Bertz CT molecular complexity index is 278. The van der Waals surface area contributed by atoms with Crippen LogP contribution in [0.4, 0.5) is 0 Å². The Hall–Kier alpha value is -0.850. The molecule has 0 aromatic rings. The van der Waals surface area contributed by atoms with Gasteiger partial charge >= 0.3 is 0 Å². The number of allylic oxidation sites excluding steroid dienone is 4. The van der Waals surface area contributed by atoms with Gasteiger partial charge in [-0.05, 0) is 50.0 Å². The molecule has 0 spiro atoms. The second kappa shape index (κ2) is 5.29. The molecule has 2 aliphatic carbocycles. The van der Waals surface area contributed by atoms with E-state index < -0.39 is 0 Å². The van der Waals surface area contributed by atoms with Crippen molar-refractivity contribution < 1.29 is 4.79 Å². The molecule has 0 aromatic carbocycles. The Balaban J connectivity index is 1.86. The van der Waals surface area contributed by atoms with Crippen molar-refractivity contribution in [3.8, 4) is 0 Å². The largest absolute Gasteiger partial charge is 0.295 e. The predicted octanol–water partition coefficient (Wildman–Crippen LogP) is 3.80. The fourth-order valence-electron chi connectivity index (χ4n) is 2.50. The van der Waals surface area contributed by atoms with Crippen LogP contribution in [0.5, 0.6) is 0 Å². The van der Waals surface area contributed by atoms with Gasteiger partial charge in [0.05, 0.1) is 0 Å². The molecule has 0 aliphatic heterocycles. The van der Waals surface area contributed by atoms with Crippen LogP contribution in [0.15, 0.2) is 23.8 Å². The van der Waals surface area contributed by atoms with Crippen LogP contribution in [-0.2, 0) is 4.79 Å². The second-order valence-electron chi connectivity index (χ2n) is 4.76. The van der Waals surface area contributed by atoms with E-state index in [1.54, 1.807) is 0 Å². The average molecular weight is 204 g/mol. The molecule has 0 saturated carbocycles. The summed E-state index contributed by atoms with van der Waals surface area (Å²) in [5.41, 5.74) is 1.12. The van der Waals surface area contributed by atoms with Crippen molar-refractivity contribution >= 4 is 5.78 Å². The van der Waals surface area contributed by atoms with Crippen LogP contribution in [0, 0.1) is 5.92 Å². The first-order valence-electron chi connectivity index (χ1n) is 6.23. The fraction of sp³-hybridized carbons (Fsp3) is 0.643. The SMILES string of the molecule is O=C(CC1CC=CC1)C1=CCCCCC1. The van der Waals surface area contributed by atoms with Crippen molar-refractivity contribution in [2.45, 2.75) is 51.4 Å². The summed E-state index contributed by atoms with van der Waals surface area (Å²) in [6, 6.07) is 0. The van der Waals surface area contributed by atoms with E-state index in [0.717, 1.165) is 37.7 Å². The van der Waals surface area contributed by atoms with Gasteiger partial charge in [0.15, 0.2) is 5.78 Å². The van der Waals surface area contributed by atoms with Crippen molar-refractivity contribution in [3.63, 3.8) is 0 Å². The molecule has 0 saturated heterocycles. The van der Waals surface area contributed by atoms with E-state index in [1.165, 1.54) is 19.3 Å². The molecule has 0 bridgehead atoms. The van der Waals surface area contributed by atoms with Gasteiger partial charge in [-0.3, -0.25) is 4.79 Å². The second-order valence-corrected chi connectivity index (χ2v) is 4.76. The highest BCUT2D eigenvalue weighted by Gasteiger charge is 2.18. The summed E-state index contributed by atoms with van der Waals surface area (Å²) in [5, 5.41) is 0. The normalized spacial score (nSPS) is 22.5. The molecule has 1 nitrogen and oxygen atoms in total. The van der Waals surface area contributed by atoms with Gasteiger partial charge in [-0.1, -0.05) is 24.6 Å². The number of hydrogen-bond donors (Lipinski definition) is 0. The third-order valence-corrected chi connectivity index (χ3v) is 3.48. The monoisotopic (exact) mass is 204 g/mol. The van der Waals surface area contributed by atoms with Crippen LogP contribution in [0.25, 0.3) is 0 Å². The number of hydrogen-bond acceptors (Lipinski definition) is 1. The lowest BCUT2D eigenvalue weighted by Gasteiger charge is -2.09. The van der Waals surface area contributed by atoms with Crippen LogP contribution >= 0.6 is 0 Å². The van der Waals surface area contributed by atoms with Gasteiger partial charge in [-0.15, -0.1) is 0 Å². The van der Waals surface area contributed by atoms with Crippen LogP contribution < -0.4 is 0 Å². The molecule has 15 heavy (non-hydrogen) atoms. The van der Waals surface area contributed by atoms with E-state index in [4.69, 9.17) is 0 Å². The summed E-state index contributed by atoms with van der Waals surface area (Å²) in [6.07, 6.45) is 15.5. The molecular weight excluding hydrogens is 184 g/mol. The van der Waals surface area contributed by atoms with Crippen molar-refractivity contribution in [1.29, 1.82) is 0 Å². The van der Waals surface area contributed by atoms with Crippen LogP contribution in [0.3, 0.4) is 0 Å². The molecule has 0 radical (unpaired) electrons. The molecule has 1 heteroatoms. The first kappa shape index (κ1) is 10.7. The van der Waals surface area contributed by atoms with Crippen molar-refractivity contribution in [2.24, 2.45) is 5.92 Å². The number of rotatable bonds is 3. The minimum Gasteiger partial charge on any atom is -0.295 e. The third kappa shape index (κ3) is 3.05. The molecule has 2 aliphatic rings. The van der Waals surface area contributed by atoms with Gasteiger partial charge in [-0.25, -0.2) is 0 Å². The minimum atomic E-state index is 0.422. The predicted molar refractivity (Wildman–Crippen MR) is 62.7 cm³/mol. The Morgan fingerprint density at radius 3 is 2.80 bits per heavy atom. The molecule has 0 heterocycles. The van der Waals surface area contributed by atoms with Gasteiger partial charge in [0.25, 0.3) is 0 Å². The first-order valence-corrected chi connectivity index (χ1v) is 6.23. The van der Waals surface area contributed by atoms with E-state index in [1.807, 2.05) is 0 Å². The quantitative estimate of drug-likeness (QED) is 0.639. The summed E-state index contributed by atoms with van der Waals surface area (Å²) in [6.45, 7) is 0. The summed E-state index contributed by atoms with van der Waals surface area (Å²) in [7, 11) is 0. The zero-order valence-electron chi connectivity index (χ0n) is 9.37. The maximum absolute atomic E-state index is 12.0. The highest BCUT2D eigenvalue weighted by atomic mass is 16.1. The Kier molecular flexibility index (Phi) is 3.76. The highest BCUT2D eigenvalue weighted by molar-refractivity contribution is 5.95. The van der Waals surface area contributed by atoms with Crippen LogP contribution in [0.2, 0.25) is 0 Å². The number of carbonyl (C=O) groups is 1. The summed E-state index contributed by atoms with van der Waals surface area (Å²) < 4.78 is 0. The van der Waals surface area contributed by atoms with Gasteiger partial charge in [0, 0.05) is 6.42 Å². The summed E-state index contributed by atoms with van der Waals surface area (Å²) in [5.74, 6) is 1.02. The summed E-state index contributed by atoms with van der Waals surface area (Å²) >= 11 is 0. The molecule has 0 N–H and O–H groups in total.